The molecule has 1 saturated carbocycles. The number of hydrogen-bond donors (Lipinski definition) is 1. The average molecular weight is 649 g/mol. The number of carbonyl (C=O) groups is 1. The predicted molar refractivity (Wildman–Crippen MR) is 175 cm³/mol. The maximum atomic E-state index is 14.4. The fraction of sp³-hybridized carbons (Fsp3) is 0.257. The van der Waals surface area contributed by atoms with Gasteiger partial charge in [0.25, 0.3) is 11.5 Å². The minimum absolute atomic E-state index is 0.00115. The average Bonchev–Trinajstić information content (AvgIpc) is 3.70. The zero-order valence-electron chi connectivity index (χ0n) is 25.7. The number of imidazole rings is 1. The smallest absolute Gasteiger partial charge is 0.337 e. The molecule has 13 heteroatoms. The van der Waals surface area contributed by atoms with Gasteiger partial charge in [-0.3, -0.25) is 18.8 Å². The van der Waals surface area contributed by atoms with Gasteiger partial charge in [-0.25, -0.2) is 28.1 Å². The lowest BCUT2D eigenvalue weighted by atomic mass is 9.90. The Morgan fingerprint density at radius 2 is 1.81 bits per heavy atom. The van der Waals surface area contributed by atoms with E-state index in [0.29, 0.717) is 49.5 Å². The van der Waals surface area contributed by atoms with Gasteiger partial charge in [-0.1, -0.05) is 24.3 Å². The van der Waals surface area contributed by atoms with Gasteiger partial charge in [-0.05, 0) is 68.5 Å². The molecule has 0 spiro atoms. The number of halogens is 2. The third-order valence-electron chi connectivity index (χ3n) is 9.30. The first-order chi connectivity index (χ1) is 23.3. The highest BCUT2D eigenvalue weighted by Gasteiger charge is 2.29. The van der Waals surface area contributed by atoms with Gasteiger partial charge in [0.1, 0.15) is 23.0 Å². The first-order valence-electron chi connectivity index (χ1n) is 15.9. The van der Waals surface area contributed by atoms with Crippen LogP contribution < -0.4 is 16.6 Å². The molecular weight excluding hydrogens is 618 g/mol. The minimum Gasteiger partial charge on any atom is -0.348 e. The molecule has 8 rings (SSSR count). The van der Waals surface area contributed by atoms with E-state index in [9.17, 15) is 23.2 Å². The molecule has 2 aliphatic carbocycles. The van der Waals surface area contributed by atoms with Crippen LogP contribution in [0.15, 0.2) is 95.1 Å². The Balaban J connectivity index is 1.08. The van der Waals surface area contributed by atoms with Gasteiger partial charge in [0.15, 0.2) is 5.65 Å². The normalized spacial score (nSPS) is 19.4. The van der Waals surface area contributed by atoms with Crippen LogP contribution in [0.3, 0.4) is 0 Å². The maximum absolute atomic E-state index is 14.4. The summed E-state index contributed by atoms with van der Waals surface area (Å²) in [7, 11) is 0. The van der Waals surface area contributed by atoms with Crippen LogP contribution in [0.4, 0.5) is 8.78 Å². The van der Waals surface area contributed by atoms with E-state index in [1.165, 1.54) is 38.1 Å². The Kier molecular flexibility index (Phi) is 7.30. The first kappa shape index (κ1) is 29.7. The lowest BCUT2D eigenvalue weighted by molar-refractivity contribution is 0.0917. The molecule has 1 N–H and O–H groups in total. The molecule has 0 bridgehead atoms. The maximum Gasteiger partial charge on any atom is 0.337 e. The predicted octanol–water partition coefficient (Wildman–Crippen LogP) is 4.87. The third-order valence-corrected chi connectivity index (χ3v) is 9.30. The van der Waals surface area contributed by atoms with Crippen LogP contribution in [0.1, 0.15) is 48.6 Å². The van der Waals surface area contributed by atoms with Gasteiger partial charge < -0.3 is 9.72 Å². The summed E-state index contributed by atoms with van der Waals surface area (Å²) in [6.07, 6.45) is 16.6. The fourth-order valence-corrected chi connectivity index (χ4v) is 6.90. The molecule has 0 radical (unpaired) electrons. The molecule has 0 saturated heterocycles. The van der Waals surface area contributed by atoms with Gasteiger partial charge in [0.05, 0.1) is 29.0 Å². The summed E-state index contributed by atoms with van der Waals surface area (Å²) in [6.45, 7) is 0.709. The van der Waals surface area contributed by atoms with E-state index in [2.05, 4.69) is 32.5 Å². The van der Waals surface area contributed by atoms with Crippen LogP contribution in [0.5, 0.6) is 0 Å². The number of allylic oxidation sites excluding steroid dienone is 4. The van der Waals surface area contributed by atoms with Crippen molar-refractivity contribution in [2.24, 2.45) is 5.92 Å². The lowest BCUT2D eigenvalue weighted by Crippen LogP contribution is -2.45. The molecule has 0 aliphatic heterocycles. The number of aromatic nitrogens is 7. The summed E-state index contributed by atoms with van der Waals surface area (Å²) >= 11 is 0. The van der Waals surface area contributed by atoms with Crippen LogP contribution in [0.25, 0.3) is 33.3 Å². The van der Waals surface area contributed by atoms with Crippen molar-refractivity contribution in [1.82, 2.24) is 38.6 Å². The highest BCUT2D eigenvalue weighted by Crippen LogP contribution is 2.28. The molecule has 242 valence electrons. The van der Waals surface area contributed by atoms with Crippen LogP contribution in [0.2, 0.25) is 0 Å². The molecule has 5 heterocycles. The molecule has 1 unspecified atom stereocenters. The molecule has 1 aromatic carbocycles. The largest absolute Gasteiger partial charge is 0.348 e. The zero-order valence-corrected chi connectivity index (χ0v) is 25.7. The zero-order chi connectivity index (χ0) is 32.9. The second-order valence-corrected chi connectivity index (χ2v) is 12.4. The highest BCUT2D eigenvalue weighted by atomic mass is 19.1. The standard InChI is InChI=1S/C35H30F2N8O3/c36-23-6-13-31-41-29(20-42(31)19-23)33(46)40-25-7-9-26(10-8-25)45-34(47)28-15-24(37)17-38-32(28)44(35(45)48)27-11-12-30-22(14-27)16-39-43(30)18-21-4-2-1-3-5-21/h1-4,6,11-17,19-21,25-26H,5,7-10,18H2,(H,40,46)/t21?,25-,26+. The summed E-state index contributed by atoms with van der Waals surface area (Å²) in [5, 5.41) is 8.38. The number of rotatable bonds is 6. The quantitative estimate of drug-likeness (QED) is 0.275. The summed E-state index contributed by atoms with van der Waals surface area (Å²) < 4.78 is 34.0. The van der Waals surface area contributed by atoms with Crippen molar-refractivity contribution in [2.45, 2.75) is 50.7 Å². The van der Waals surface area contributed by atoms with Crippen molar-refractivity contribution in [3.05, 3.63) is 124 Å². The molecule has 6 aromatic rings. The monoisotopic (exact) mass is 648 g/mol. The highest BCUT2D eigenvalue weighted by molar-refractivity contribution is 5.93. The Morgan fingerprint density at radius 3 is 2.62 bits per heavy atom. The molecule has 5 aromatic heterocycles. The van der Waals surface area contributed by atoms with Crippen molar-refractivity contribution >= 4 is 33.5 Å². The van der Waals surface area contributed by atoms with Crippen LogP contribution in [0, 0.1) is 17.6 Å². The minimum atomic E-state index is -0.680. The van der Waals surface area contributed by atoms with Gasteiger partial charge in [0.2, 0.25) is 0 Å². The number of benzene rings is 1. The molecule has 48 heavy (non-hydrogen) atoms. The second kappa shape index (κ2) is 11.8. The topological polar surface area (TPSA) is 121 Å². The molecule has 1 fully saturated rings. The molecular formula is C35H30F2N8O3. The van der Waals surface area contributed by atoms with Crippen molar-refractivity contribution in [2.75, 3.05) is 0 Å². The van der Waals surface area contributed by atoms with Gasteiger partial charge in [-0.15, -0.1) is 0 Å². The summed E-state index contributed by atoms with van der Waals surface area (Å²) in [5.41, 5.74) is 0.901. The second-order valence-electron chi connectivity index (χ2n) is 12.4. The number of nitrogens with one attached hydrogen (secondary N) is 1. The van der Waals surface area contributed by atoms with Crippen LogP contribution in [-0.4, -0.2) is 45.2 Å². The van der Waals surface area contributed by atoms with E-state index in [1.54, 1.807) is 12.3 Å². The Labute approximate surface area is 271 Å². The summed E-state index contributed by atoms with van der Waals surface area (Å²) in [4.78, 5) is 49.4. The fourth-order valence-electron chi connectivity index (χ4n) is 6.90. The number of fused-ring (bicyclic) bond motifs is 3. The summed E-state index contributed by atoms with van der Waals surface area (Å²) in [6, 6.07) is 8.71. The van der Waals surface area contributed by atoms with Crippen LogP contribution in [-0.2, 0) is 6.54 Å². The van der Waals surface area contributed by atoms with E-state index in [1.807, 2.05) is 29.0 Å². The SMILES string of the molecule is O=C(N[C@H]1CC[C@@H](n2c(=O)c3cc(F)cnc3n(-c3ccc4c(cnn4CC4C=CC=CC4)c3)c2=O)CC1)c1cn2cc(F)ccc2n1. The van der Waals surface area contributed by atoms with E-state index >= 15 is 0 Å². The molecule has 1 atom stereocenters. The number of amides is 1. The molecule has 11 nitrogen and oxygen atoms in total. The van der Waals surface area contributed by atoms with E-state index in [4.69, 9.17) is 0 Å². The van der Waals surface area contributed by atoms with Crippen molar-refractivity contribution in [3.63, 3.8) is 0 Å². The Hall–Kier alpha value is -5.72. The Bertz CT molecular complexity index is 2410. The summed E-state index contributed by atoms with van der Waals surface area (Å²) in [5.74, 6) is -1.18. The number of pyridine rings is 2. The van der Waals surface area contributed by atoms with Gasteiger partial charge in [-0.2, -0.15) is 5.10 Å². The van der Waals surface area contributed by atoms with Crippen molar-refractivity contribution in [1.29, 1.82) is 0 Å². The first-order valence-corrected chi connectivity index (χ1v) is 15.9. The Morgan fingerprint density at radius 1 is 0.958 bits per heavy atom. The van der Waals surface area contributed by atoms with E-state index < -0.39 is 28.9 Å². The number of nitrogens with zero attached hydrogens (tertiary/aromatic N) is 7. The molecule has 1 amide bonds. The van der Waals surface area contributed by atoms with Gasteiger partial charge in [0, 0.05) is 42.3 Å². The third kappa shape index (κ3) is 5.30. The van der Waals surface area contributed by atoms with Gasteiger partial charge >= 0.3 is 5.69 Å². The number of hydrogen-bond acceptors (Lipinski definition) is 6. The van der Waals surface area contributed by atoms with Crippen molar-refractivity contribution in [3.8, 4) is 5.69 Å². The van der Waals surface area contributed by atoms with Crippen molar-refractivity contribution < 1.29 is 13.6 Å². The lowest BCUT2D eigenvalue weighted by Gasteiger charge is -2.30. The van der Waals surface area contributed by atoms with Crippen LogP contribution >= 0.6 is 0 Å². The molecule has 2 aliphatic rings. The number of carbonyl (C=O) groups excluding carboxylic acids is 1. The van der Waals surface area contributed by atoms with E-state index in [0.717, 1.165) is 29.6 Å². The van der Waals surface area contributed by atoms with E-state index in [-0.39, 0.29) is 28.7 Å².